The molecule has 0 aliphatic heterocycles. The molecule has 1 N–H and O–H groups in total. The Labute approximate surface area is 110 Å². The Balaban J connectivity index is 2.58. The lowest BCUT2D eigenvalue weighted by molar-refractivity contribution is -0.127. The van der Waals surface area contributed by atoms with Crippen LogP contribution in [-0.4, -0.2) is 38.6 Å². The standard InChI is InChI=1S/C13H16FNO4/c1-9(13(17)15-5-6-18-2)19-12-4-3-10(8-16)7-11(12)14/h3-4,7-9H,5-6H2,1-2H3,(H,15,17). The third-order valence-electron chi connectivity index (χ3n) is 2.37. The molecular formula is C13H16FNO4. The van der Waals surface area contributed by atoms with Gasteiger partial charge in [0, 0.05) is 19.2 Å². The van der Waals surface area contributed by atoms with Gasteiger partial charge in [0.15, 0.2) is 17.7 Å². The number of methoxy groups -OCH3 is 1. The predicted octanol–water partition coefficient (Wildman–Crippen LogP) is 1.17. The van der Waals surface area contributed by atoms with Crippen molar-refractivity contribution in [3.63, 3.8) is 0 Å². The van der Waals surface area contributed by atoms with Crippen LogP contribution < -0.4 is 10.1 Å². The summed E-state index contributed by atoms with van der Waals surface area (Å²) < 4.78 is 23.5. The number of aldehydes is 1. The molecule has 0 fully saturated rings. The van der Waals surface area contributed by atoms with E-state index in [0.717, 1.165) is 6.07 Å². The molecule has 1 aromatic rings. The molecule has 1 atom stereocenters. The summed E-state index contributed by atoms with van der Waals surface area (Å²) in [7, 11) is 1.52. The highest BCUT2D eigenvalue weighted by Crippen LogP contribution is 2.18. The van der Waals surface area contributed by atoms with Crippen LogP contribution in [0, 0.1) is 5.82 Å². The van der Waals surface area contributed by atoms with Gasteiger partial charge in [-0.15, -0.1) is 0 Å². The number of rotatable bonds is 7. The lowest BCUT2D eigenvalue weighted by atomic mass is 10.2. The summed E-state index contributed by atoms with van der Waals surface area (Å²) in [5.74, 6) is -1.11. The van der Waals surface area contributed by atoms with Crippen LogP contribution in [0.1, 0.15) is 17.3 Å². The van der Waals surface area contributed by atoms with E-state index in [2.05, 4.69) is 5.32 Å². The van der Waals surface area contributed by atoms with Crippen LogP contribution in [0.3, 0.4) is 0 Å². The van der Waals surface area contributed by atoms with Crippen molar-refractivity contribution < 1.29 is 23.5 Å². The Kier molecular flexibility index (Phi) is 5.95. The Morgan fingerprint density at radius 2 is 2.26 bits per heavy atom. The Hall–Kier alpha value is -1.95. The van der Waals surface area contributed by atoms with E-state index in [-0.39, 0.29) is 17.2 Å². The summed E-state index contributed by atoms with van der Waals surface area (Å²) in [4.78, 5) is 22.1. The van der Waals surface area contributed by atoms with E-state index >= 15 is 0 Å². The second-order valence-corrected chi connectivity index (χ2v) is 3.85. The molecule has 0 spiro atoms. The molecule has 0 aliphatic rings. The lowest BCUT2D eigenvalue weighted by Gasteiger charge is -2.15. The molecule has 5 nitrogen and oxygen atoms in total. The minimum Gasteiger partial charge on any atom is -0.478 e. The van der Waals surface area contributed by atoms with E-state index < -0.39 is 11.9 Å². The Bertz CT molecular complexity index is 450. The van der Waals surface area contributed by atoms with Gasteiger partial charge in [-0.25, -0.2) is 4.39 Å². The maximum Gasteiger partial charge on any atom is 0.260 e. The van der Waals surface area contributed by atoms with Crippen LogP contribution in [0.25, 0.3) is 0 Å². The molecule has 0 aromatic heterocycles. The molecule has 0 aliphatic carbocycles. The number of nitrogens with one attached hydrogen (secondary N) is 1. The minimum absolute atomic E-state index is 0.0695. The number of benzene rings is 1. The normalized spacial score (nSPS) is 11.7. The van der Waals surface area contributed by atoms with E-state index in [1.54, 1.807) is 0 Å². The van der Waals surface area contributed by atoms with Crippen LogP contribution in [-0.2, 0) is 9.53 Å². The van der Waals surface area contributed by atoms with Crippen molar-refractivity contribution in [3.05, 3.63) is 29.6 Å². The number of hydrogen-bond acceptors (Lipinski definition) is 4. The van der Waals surface area contributed by atoms with Gasteiger partial charge >= 0.3 is 0 Å². The fraction of sp³-hybridized carbons (Fsp3) is 0.385. The molecule has 0 saturated heterocycles. The molecular weight excluding hydrogens is 253 g/mol. The first kappa shape index (κ1) is 15.1. The third-order valence-corrected chi connectivity index (χ3v) is 2.37. The van der Waals surface area contributed by atoms with Gasteiger partial charge in [-0.3, -0.25) is 9.59 Å². The molecule has 1 amide bonds. The van der Waals surface area contributed by atoms with E-state index in [1.165, 1.54) is 26.2 Å². The van der Waals surface area contributed by atoms with Gasteiger partial charge in [0.25, 0.3) is 5.91 Å². The molecule has 0 saturated carbocycles. The van der Waals surface area contributed by atoms with E-state index in [4.69, 9.17) is 9.47 Å². The Morgan fingerprint density at radius 3 is 2.84 bits per heavy atom. The number of ether oxygens (including phenoxy) is 2. The van der Waals surface area contributed by atoms with Crippen molar-refractivity contribution >= 4 is 12.2 Å². The van der Waals surface area contributed by atoms with Gasteiger partial charge in [0.2, 0.25) is 0 Å². The average molecular weight is 269 g/mol. The quantitative estimate of drug-likeness (QED) is 0.596. The van der Waals surface area contributed by atoms with Crippen molar-refractivity contribution in [2.24, 2.45) is 0 Å². The van der Waals surface area contributed by atoms with Crippen LogP contribution in [0.4, 0.5) is 4.39 Å². The van der Waals surface area contributed by atoms with Crippen molar-refractivity contribution in [1.82, 2.24) is 5.32 Å². The van der Waals surface area contributed by atoms with Crippen LogP contribution in [0.15, 0.2) is 18.2 Å². The molecule has 1 unspecified atom stereocenters. The van der Waals surface area contributed by atoms with Gasteiger partial charge in [-0.2, -0.15) is 0 Å². The van der Waals surface area contributed by atoms with E-state index in [0.29, 0.717) is 19.4 Å². The second kappa shape index (κ2) is 7.48. The summed E-state index contributed by atoms with van der Waals surface area (Å²) in [6.45, 7) is 2.26. The summed E-state index contributed by atoms with van der Waals surface area (Å²) in [5, 5.41) is 2.58. The monoisotopic (exact) mass is 269 g/mol. The van der Waals surface area contributed by atoms with Gasteiger partial charge in [0.1, 0.15) is 6.29 Å². The van der Waals surface area contributed by atoms with Crippen molar-refractivity contribution in [2.45, 2.75) is 13.0 Å². The maximum absolute atomic E-state index is 13.5. The first-order valence-electron chi connectivity index (χ1n) is 5.76. The fourth-order valence-electron chi connectivity index (χ4n) is 1.35. The zero-order valence-corrected chi connectivity index (χ0v) is 10.8. The van der Waals surface area contributed by atoms with E-state index in [1.807, 2.05) is 0 Å². The summed E-state index contributed by atoms with van der Waals surface area (Å²) in [6.07, 6.45) is -0.304. The van der Waals surface area contributed by atoms with E-state index in [9.17, 15) is 14.0 Å². The third kappa shape index (κ3) is 4.67. The number of carbonyl (C=O) groups excluding carboxylic acids is 2. The first-order chi connectivity index (χ1) is 9.08. The molecule has 104 valence electrons. The summed E-state index contributed by atoms with van der Waals surface area (Å²) >= 11 is 0. The van der Waals surface area contributed by atoms with Crippen LogP contribution in [0.5, 0.6) is 5.75 Å². The fourth-order valence-corrected chi connectivity index (χ4v) is 1.35. The maximum atomic E-state index is 13.5. The van der Waals surface area contributed by atoms with Gasteiger partial charge < -0.3 is 14.8 Å². The summed E-state index contributed by atoms with van der Waals surface area (Å²) in [6, 6.07) is 3.79. The molecule has 0 radical (unpaired) electrons. The zero-order chi connectivity index (χ0) is 14.3. The summed E-state index contributed by atoms with van der Waals surface area (Å²) in [5.41, 5.74) is 0.210. The van der Waals surface area contributed by atoms with Crippen LogP contribution in [0.2, 0.25) is 0 Å². The number of hydrogen-bond donors (Lipinski definition) is 1. The topological polar surface area (TPSA) is 64.6 Å². The van der Waals surface area contributed by atoms with Gasteiger partial charge in [-0.05, 0) is 25.1 Å². The lowest BCUT2D eigenvalue weighted by Crippen LogP contribution is -2.38. The molecule has 0 heterocycles. The van der Waals surface area contributed by atoms with Crippen molar-refractivity contribution in [2.75, 3.05) is 20.3 Å². The highest BCUT2D eigenvalue weighted by atomic mass is 19.1. The average Bonchev–Trinajstić information content (AvgIpc) is 2.41. The minimum atomic E-state index is -0.839. The molecule has 1 aromatic carbocycles. The number of halogens is 1. The van der Waals surface area contributed by atoms with Gasteiger partial charge in [-0.1, -0.05) is 0 Å². The highest BCUT2D eigenvalue weighted by molar-refractivity contribution is 5.80. The van der Waals surface area contributed by atoms with Crippen molar-refractivity contribution in [1.29, 1.82) is 0 Å². The smallest absolute Gasteiger partial charge is 0.260 e. The van der Waals surface area contributed by atoms with Crippen LogP contribution >= 0.6 is 0 Å². The Morgan fingerprint density at radius 1 is 1.53 bits per heavy atom. The highest BCUT2D eigenvalue weighted by Gasteiger charge is 2.16. The zero-order valence-electron chi connectivity index (χ0n) is 10.8. The largest absolute Gasteiger partial charge is 0.478 e. The molecule has 19 heavy (non-hydrogen) atoms. The molecule has 6 heteroatoms. The predicted molar refractivity (Wildman–Crippen MR) is 66.8 cm³/mol. The van der Waals surface area contributed by atoms with Crippen molar-refractivity contribution in [3.8, 4) is 5.75 Å². The number of carbonyl (C=O) groups is 2. The second-order valence-electron chi connectivity index (χ2n) is 3.85. The first-order valence-corrected chi connectivity index (χ1v) is 5.76. The number of amides is 1. The molecule has 0 bridgehead atoms. The molecule has 1 rings (SSSR count). The SMILES string of the molecule is COCCNC(=O)C(C)Oc1ccc(C=O)cc1F. The van der Waals surface area contributed by atoms with Gasteiger partial charge in [0.05, 0.1) is 6.61 Å².